The summed E-state index contributed by atoms with van der Waals surface area (Å²) in [6.45, 7) is 6.69. The van der Waals surface area contributed by atoms with Gasteiger partial charge in [-0.05, 0) is 36.8 Å². The van der Waals surface area contributed by atoms with Gasteiger partial charge in [0.05, 0.1) is 6.54 Å². The van der Waals surface area contributed by atoms with Gasteiger partial charge in [-0.25, -0.2) is 0 Å². The van der Waals surface area contributed by atoms with Crippen molar-refractivity contribution < 1.29 is 4.79 Å². The first-order valence-corrected chi connectivity index (χ1v) is 10.1. The van der Waals surface area contributed by atoms with Gasteiger partial charge in [0.2, 0.25) is 5.91 Å². The zero-order valence-corrected chi connectivity index (χ0v) is 16.7. The summed E-state index contributed by atoms with van der Waals surface area (Å²) >= 11 is 6.13. The molecule has 4 rings (SSSR count). The molecule has 0 radical (unpaired) electrons. The van der Waals surface area contributed by atoms with Crippen LogP contribution in [0.5, 0.6) is 0 Å². The number of carbonyl (C=O) groups is 1. The molecular formula is C21H27ClN4O. The Balaban J connectivity index is 1.33. The molecular weight excluding hydrogens is 360 g/mol. The van der Waals surface area contributed by atoms with Crippen molar-refractivity contribution in [1.29, 1.82) is 0 Å². The smallest absolute Gasteiger partial charge is 0.222 e. The van der Waals surface area contributed by atoms with Gasteiger partial charge < -0.3 is 14.4 Å². The first-order valence-electron chi connectivity index (χ1n) is 9.74. The highest BCUT2D eigenvalue weighted by atomic mass is 35.5. The third kappa shape index (κ3) is 4.14. The van der Waals surface area contributed by atoms with Gasteiger partial charge in [-0.1, -0.05) is 17.7 Å². The second-order valence-corrected chi connectivity index (χ2v) is 7.97. The minimum absolute atomic E-state index is 0.287. The molecule has 1 amide bonds. The molecule has 5 nitrogen and oxygen atoms in total. The Morgan fingerprint density at radius 2 is 1.70 bits per heavy atom. The molecule has 1 aromatic heterocycles. The van der Waals surface area contributed by atoms with Gasteiger partial charge in [-0.2, -0.15) is 0 Å². The number of rotatable bonds is 5. The van der Waals surface area contributed by atoms with Crippen LogP contribution >= 0.6 is 11.6 Å². The number of benzene rings is 1. The van der Waals surface area contributed by atoms with Gasteiger partial charge in [0, 0.05) is 74.8 Å². The number of amides is 1. The van der Waals surface area contributed by atoms with Gasteiger partial charge >= 0.3 is 0 Å². The average Bonchev–Trinajstić information content (AvgIpc) is 3.23. The van der Waals surface area contributed by atoms with Gasteiger partial charge in [0.25, 0.3) is 0 Å². The highest BCUT2D eigenvalue weighted by Crippen LogP contribution is 2.22. The Morgan fingerprint density at radius 1 is 0.963 bits per heavy atom. The van der Waals surface area contributed by atoms with Crippen LogP contribution in [0, 0.1) is 0 Å². The van der Waals surface area contributed by atoms with Crippen LogP contribution in [0.25, 0.3) is 0 Å². The van der Waals surface area contributed by atoms with Crippen LogP contribution in [0.15, 0.2) is 36.4 Å². The van der Waals surface area contributed by atoms with E-state index in [1.807, 2.05) is 23.1 Å². The number of piperazine rings is 1. The fraction of sp³-hybridized carbons (Fsp3) is 0.476. The van der Waals surface area contributed by atoms with Crippen LogP contribution in [0.4, 0.5) is 5.69 Å². The van der Waals surface area contributed by atoms with Crippen LogP contribution in [-0.2, 0) is 24.9 Å². The predicted octanol–water partition coefficient (Wildman–Crippen LogP) is 3.12. The molecule has 0 spiro atoms. The molecule has 2 aromatic rings. The summed E-state index contributed by atoms with van der Waals surface area (Å²) < 4.78 is 2.26. The van der Waals surface area contributed by atoms with Crippen LogP contribution in [0.3, 0.4) is 0 Å². The molecule has 0 aliphatic carbocycles. The van der Waals surface area contributed by atoms with Crippen LogP contribution in [0.1, 0.15) is 24.2 Å². The highest BCUT2D eigenvalue weighted by molar-refractivity contribution is 6.30. The largest absolute Gasteiger partial charge is 0.369 e. The third-order valence-corrected chi connectivity index (χ3v) is 6.02. The molecule has 6 heteroatoms. The molecule has 3 heterocycles. The minimum Gasteiger partial charge on any atom is -0.369 e. The van der Waals surface area contributed by atoms with Crippen molar-refractivity contribution in [1.82, 2.24) is 14.4 Å². The van der Waals surface area contributed by atoms with E-state index in [9.17, 15) is 4.79 Å². The van der Waals surface area contributed by atoms with E-state index < -0.39 is 0 Å². The molecule has 0 N–H and O–H groups in total. The summed E-state index contributed by atoms with van der Waals surface area (Å²) in [7, 11) is 2.12. The summed E-state index contributed by atoms with van der Waals surface area (Å²) in [6.07, 6.45) is 1.70. The quantitative estimate of drug-likeness (QED) is 0.791. The number of hydrogen-bond acceptors (Lipinski definition) is 3. The van der Waals surface area contributed by atoms with E-state index >= 15 is 0 Å². The SMILES string of the molecule is Cn1c(CN2CCN(c3cccc(Cl)c3)CC2)ccc1CN1CCCC1=O. The summed E-state index contributed by atoms with van der Waals surface area (Å²) in [5, 5.41) is 0.794. The monoisotopic (exact) mass is 386 g/mol. The topological polar surface area (TPSA) is 31.7 Å². The van der Waals surface area contributed by atoms with Gasteiger partial charge in [-0.3, -0.25) is 9.69 Å². The second-order valence-electron chi connectivity index (χ2n) is 7.54. The van der Waals surface area contributed by atoms with E-state index in [1.54, 1.807) is 0 Å². The molecule has 27 heavy (non-hydrogen) atoms. The van der Waals surface area contributed by atoms with Crippen molar-refractivity contribution in [2.45, 2.75) is 25.9 Å². The molecule has 0 saturated carbocycles. The van der Waals surface area contributed by atoms with Gasteiger partial charge in [0.15, 0.2) is 0 Å². The maximum atomic E-state index is 11.9. The third-order valence-electron chi connectivity index (χ3n) is 5.79. The Kier molecular flexibility index (Phi) is 5.41. The molecule has 2 aliphatic heterocycles. The normalized spacial score (nSPS) is 18.5. The molecule has 2 fully saturated rings. The number of anilines is 1. The molecule has 2 saturated heterocycles. The summed E-state index contributed by atoms with van der Waals surface area (Å²) in [5.74, 6) is 0.287. The number of hydrogen-bond donors (Lipinski definition) is 0. The number of likely N-dealkylation sites (tertiary alicyclic amines) is 1. The molecule has 0 unspecified atom stereocenters. The summed E-state index contributed by atoms with van der Waals surface area (Å²) in [6, 6.07) is 12.5. The molecule has 2 aliphatic rings. The van der Waals surface area contributed by atoms with E-state index in [0.717, 1.165) is 57.3 Å². The zero-order chi connectivity index (χ0) is 18.8. The Hall–Kier alpha value is -1.98. The summed E-state index contributed by atoms with van der Waals surface area (Å²) in [4.78, 5) is 18.8. The highest BCUT2D eigenvalue weighted by Gasteiger charge is 2.22. The van der Waals surface area contributed by atoms with E-state index in [2.05, 4.69) is 39.6 Å². The van der Waals surface area contributed by atoms with Gasteiger partial charge in [-0.15, -0.1) is 0 Å². The van der Waals surface area contributed by atoms with Crippen molar-refractivity contribution in [3.05, 3.63) is 52.8 Å². The van der Waals surface area contributed by atoms with Crippen molar-refractivity contribution in [2.24, 2.45) is 7.05 Å². The number of aromatic nitrogens is 1. The first-order chi connectivity index (χ1) is 13.1. The summed E-state index contributed by atoms with van der Waals surface area (Å²) in [5.41, 5.74) is 3.74. The van der Waals surface area contributed by atoms with E-state index in [-0.39, 0.29) is 5.91 Å². The number of nitrogens with zero attached hydrogens (tertiary/aromatic N) is 4. The first kappa shape index (κ1) is 18.4. The van der Waals surface area contributed by atoms with Crippen molar-refractivity contribution in [2.75, 3.05) is 37.6 Å². The Bertz CT molecular complexity index is 810. The average molecular weight is 387 g/mol. The lowest BCUT2D eigenvalue weighted by atomic mass is 10.2. The zero-order valence-electron chi connectivity index (χ0n) is 15.9. The van der Waals surface area contributed by atoms with E-state index in [1.165, 1.54) is 17.1 Å². The fourth-order valence-electron chi connectivity index (χ4n) is 4.05. The lowest BCUT2D eigenvalue weighted by Gasteiger charge is -2.36. The van der Waals surface area contributed by atoms with Crippen LogP contribution in [0.2, 0.25) is 5.02 Å². The number of carbonyl (C=O) groups excluding carboxylic acids is 1. The molecule has 1 aromatic carbocycles. The van der Waals surface area contributed by atoms with Crippen LogP contribution < -0.4 is 4.90 Å². The molecule has 0 atom stereocenters. The van der Waals surface area contributed by atoms with E-state index in [4.69, 9.17) is 11.6 Å². The predicted molar refractivity (Wildman–Crippen MR) is 109 cm³/mol. The Morgan fingerprint density at radius 3 is 2.37 bits per heavy atom. The maximum Gasteiger partial charge on any atom is 0.222 e. The second kappa shape index (κ2) is 7.95. The van der Waals surface area contributed by atoms with E-state index in [0.29, 0.717) is 6.42 Å². The molecule has 144 valence electrons. The van der Waals surface area contributed by atoms with Crippen LogP contribution in [-0.4, -0.2) is 53.0 Å². The fourth-order valence-corrected chi connectivity index (χ4v) is 4.24. The molecule has 0 bridgehead atoms. The Labute approximate surface area is 166 Å². The van der Waals surface area contributed by atoms with Crippen molar-refractivity contribution in [3.63, 3.8) is 0 Å². The number of halogens is 1. The van der Waals surface area contributed by atoms with Crippen molar-refractivity contribution in [3.8, 4) is 0 Å². The lowest BCUT2D eigenvalue weighted by Crippen LogP contribution is -2.46. The standard InChI is InChI=1S/C21H27ClN4O/c1-23-19(7-8-20(23)16-26-9-3-6-21(26)27)15-24-10-12-25(13-11-24)18-5-2-4-17(22)14-18/h2,4-5,7-8,14H,3,6,9-13,15-16H2,1H3. The maximum absolute atomic E-state index is 11.9. The van der Waals surface area contributed by atoms with Gasteiger partial charge in [0.1, 0.15) is 0 Å². The minimum atomic E-state index is 0.287. The lowest BCUT2D eigenvalue weighted by molar-refractivity contribution is -0.128. The van der Waals surface area contributed by atoms with Crippen molar-refractivity contribution >= 4 is 23.2 Å².